The topological polar surface area (TPSA) is 46.6 Å². The molecule has 0 aliphatic rings. The summed E-state index contributed by atoms with van der Waals surface area (Å²) in [5.41, 5.74) is 0.715. The maximum atomic E-state index is 12.5. The lowest BCUT2D eigenvalue weighted by Gasteiger charge is -2.26. The third-order valence-electron chi connectivity index (χ3n) is 2.68. The number of nitrogens with zero attached hydrogens (tertiary/aromatic N) is 1. The molecule has 0 fully saturated rings. The molecule has 0 saturated carbocycles. The monoisotopic (exact) mass is 279 g/mol. The van der Waals surface area contributed by atoms with Gasteiger partial charge in [-0.15, -0.1) is 0 Å². The largest absolute Gasteiger partial charge is 0.496 e. The van der Waals surface area contributed by atoms with E-state index in [9.17, 15) is 9.59 Å². The molecule has 0 aliphatic heterocycles. The second-order valence-electron chi connectivity index (χ2n) is 5.76. The van der Waals surface area contributed by atoms with Gasteiger partial charge in [0.25, 0.3) is 5.91 Å². The van der Waals surface area contributed by atoms with Crippen molar-refractivity contribution in [2.75, 3.05) is 20.3 Å². The summed E-state index contributed by atoms with van der Waals surface area (Å²) >= 11 is 0. The minimum absolute atomic E-state index is 0.165. The van der Waals surface area contributed by atoms with Crippen molar-refractivity contribution in [3.63, 3.8) is 0 Å². The number of aldehydes is 1. The molecule has 1 rings (SSSR count). The van der Waals surface area contributed by atoms with Gasteiger partial charge in [-0.25, -0.2) is 0 Å². The van der Waals surface area contributed by atoms with E-state index in [4.69, 9.17) is 4.74 Å². The highest BCUT2D eigenvalue weighted by molar-refractivity contribution is 6.76. The lowest BCUT2D eigenvalue weighted by molar-refractivity contribution is 0.0808. The Labute approximate surface area is 115 Å². The quantitative estimate of drug-likeness (QED) is 0.614. The van der Waals surface area contributed by atoms with E-state index in [1.165, 1.54) is 7.11 Å². The van der Waals surface area contributed by atoms with Crippen LogP contribution in [0.25, 0.3) is 0 Å². The molecule has 0 atom stereocenters. The first kappa shape index (κ1) is 15.4. The van der Waals surface area contributed by atoms with Gasteiger partial charge in [-0.1, -0.05) is 31.8 Å². The van der Waals surface area contributed by atoms with Crippen LogP contribution in [0.2, 0.25) is 19.6 Å². The summed E-state index contributed by atoms with van der Waals surface area (Å²) in [6, 6.07) is 5.03. The van der Waals surface area contributed by atoms with E-state index in [2.05, 4.69) is 19.6 Å². The molecule has 0 radical (unpaired) electrons. The molecule has 1 aromatic rings. The summed E-state index contributed by atoms with van der Waals surface area (Å²) in [5.74, 6) is 0.277. The Morgan fingerprint density at radius 2 is 2.00 bits per heavy atom. The van der Waals surface area contributed by atoms with Crippen LogP contribution in [0.4, 0.5) is 0 Å². The fourth-order valence-electron chi connectivity index (χ4n) is 2.02. The van der Waals surface area contributed by atoms with Crippen molar-refractivity contribution in [3.05, 3.63) is 29.3 Å². The van der Waals surface area contributed by atoms with Gasteiger partial charge >= 0.3 is 0 Å². The number of carbonyl (C=O) groups is 2. The predicted molar refractivity (Wildman–Crippen MR) is 78.7 cm³/mol. The molecule has 19 heavy (non-hydrogen) atoms. The number of carbonyl (C=O) groups excluding carboxylic acids is 2. The van der Waals surface area contributed by atoms with Crippen LogP contribution in [-0.2, 0) is 0 Å². The van der Waals surface area contributed by atoms with Crippen molar-refractivity contribution in [3.8, 4) is 5.75 Å². The Hall–Kier alpha value is -1.62. The number of methoxy groups -OCH3 is 1. The van der Waals surface area contributed by atoms with Crippen molar-refractivity contribution in [1.82, 2.24) is 4.90 Å². The van der Waals surface area contributed by atoms with Crippen molar-refractivity contribution < 1.29 is 14.3 Å². The maximum Gasteiger partial charge on any atom is 0.257 e. The normalized spacial score (nSPS) is 11.0. The first-order valence-electron chi connectivity index (χ1n) is 6.18. The maximum absolute atomic E-state index is 12.5. The van der Waals surface area contributed by atoms with Gasteiger partial charge in [0.15, 0.2) is 6.29 Å². The molecule has 0 aliphatic carbocycles. The Morgan fingerprint density at radius 3 is 2.47 bits per heavy atom. The van der Waals surface area contributed by atoms with Crippen LogP contribution < -0.4 is 4.74 Å². The van der Waals surface area contributed by atoms with Crippen LogP contribution in [-0.4, -0.2) is 45.5 Å². The molecule has 0 saturated heterocycles. The second-order valence-corrected chi connectivity index (χ2v) is 11.2. The Bertz CT molecular complexity index is 480. The third-order valence-corrected chi connectivity index (χ3v) is 4.10. The fraction of sp³-hybridized carbons (Fsp3) is 0.429. The van der Waals surface area contributed by atoms with Gasteiger partial charge in [-0.2, -0.15) is 0 Å². The van der Waals surface area contributed by atoms with Crippen LogP contribution >= 0.6 is 0 Å². The molecule has 0 N–H and O–H groups in total. The van der Waals surface area contributed by atoms with Crippen molar-refractivity contribution in [2.45, 2.75) is 19.6 Å². The minimum atomic E-state index is -1.40. The number of rotatable bonds is 5. The van der Waals surface area contributed by atoms with E-state index >= 15 is 0 Å². The zero-order valence-corrected chi connectivity index (χ0v) is 13.2. The molecule has 5 heteroatoms. The molecule has 4 nitrogen and oxygen atoms in total. The zero-order valence-electron chi connectivity index (χ0n) is 12.2. The Kier molecular flexibility index (Phi) is 4.88. The fourth-order valence-corrected chi connectivity index (χ4v) is 3.59. The molecule has 0 bridgehead atoms. The van der Waals surface area contributed by atoms with E-state index in [0.29, 0.717) is 23.2 Å². The summed E-state index contributed by atoms with van der Waals surface area (Å²) < 4.78 is 5.19. The molecule has 0 spiro atoms. The second kappa shape index (κ2) is 6.01. The third kappa shape index (κ3) is 3.92. The van der Waals surface area contributed by atoms with Crippen LogP contribution in [0, 0.1) is 0 Å². The summed E-state index contributed by atoms with van der Waals surface area (Å²) in [7, 11) is 1.87. The van der Waals surface area contributed by atoms with E-state index < -0.39 is 8.07 Å². The zero-order chi connectivity index (χ0) is 14.6. The number of hydrogen-bond donors (Lipinski definition) is 0. The number of ether oxygens (including phenoxy) is 1. The van der Waals surface area contributed by atoms with Gasteiger partial charge < -0.3 is 9.64 Å². The SMILES string of the molecule is COc1cccc(C=O)c1C(=O)N(C)C[Si](C)(C)C. The standard InChI is InChI=1S/C14H21NO3Si/c1-15(10-19(3,4)5)14(17)13-11(9-16)7-6-8-12(13)18-2/h6-9H,10H2,1-5H3. The van der Waals surface area contributed by atoms with Gasteiger partial charge in [0.05, 0.1) is 20.7 Å². The Morgan fingerprint density at radius 1 is 1.37 bits per heavy atom. The van der Waals surface area contributed by atoms with Gasteiger partial charge in [-0.05, 0) is 6.07 Å². The molecular weight excluding hydrogens is 258 g/mol. The molecule has 1 amide bonds. The predicted octanol–water partition coefficient (Wildman–Crippen LogP) is 2.46. The lowest BCUT2D eigenvalue weighted by atomic mass is 10.1. The van der Waals surface area contributed by atoms with E-state index in [1.54, 1.807) is 30.1 Å². The van der Waals surface area contributed by atoms with Crippen molar-refractivity contribution in [1.29, 1.82) is 0 Å². The molecule has 0 aromatic heterocycles. The smallest absolute Gasteiger partial charge is 0.257 e. The summed E-state index contributed by atoms with van der Waals surface area (Å²) in [4.78, 5) is 25.3. The highest BCUT2D eigenvalue weighted by atomic mass is 28.3. The average molecular weight is 279 g/mol. The lowest BCUT2D eigenvalue weighted by Crippen LogP contribution is -2.41. The van der Waals surface area contributed by atoms with E-state index in [-0.39, 0.29) is 5.91 Å². The molecule has 0 unspecified atom stereocenters. The van der Waals surface area contributed by atoms with Crippen LogP contribution in [0.3, 0.4) is 0 Å². The number of benzene rings is 1. The molecule has 1 aromatic carbocycles. The van der Waals surface area contributed by atoms with Gasteiger partial charge in [-0.3, -0.25) is 9.59 Å². The van der Waals surface area contributed by atoms with Crippen molar-refractivity contribution >= 4 is 20.3 Å². The summed E-state index contributed by atoms with van der Waals surface area (Å²) in [5, 5.41) is 0. The van der Waals surface area contributed by atoms with Gasteiger partial charge in [0, 0.05) is 18.8 Å². The first-order chi connectivity index (χ1) is 8.80. The summed E-state index contributed by atoms with van der Waals surface area (Å²) in [6.07, 6.45) is 1.43. The molecule has 104 valence electrons. The molecular formula is C14H21NO3Si. The first-order valence-corrected chi connectivity index (χ1v) is 9.88. The highest BCUT2D eigenvalue weighted by Gasteiger charge is 2.24. The van der Waals surface area contributed by atoms with E-state index in [1.807, 2.05) is 0 Å². The van der Waals surface area contributed by atoms with Crippen LogP contribution in [0.5, 0.6) is 5.75 Å². The van der Waals surface area contributed by atoms with E-state index in [0.717, 1.165) is 6.17 Å². The van der Waals surface area contributed by atoms with Crippen LogP contribution in [0.1, 0.15) is 20.7 Å². The number of amides is 1. The van der Waals surface area contributed by atoms with Crippen molar-refractivity contribution in [2.24, 2.45) is 0 Å². The summed E-state index contributed by atoms with van der Waals surface area (Å²) in [6.45, 7) is 6.58. The highest BCUT2D eigenvalue weighted by Crippen LogP contribution is 2.23. The average Bonchev–Trinajstić information content (AvgIpc) is 2.34. The van der Waals surface area contributed by atoms with Gasteiger partial charge in [0.1, 0.15) is 5.75 Å². The number of hydrogen-bond acceptors (Lipinski definition) is 3. The minimum Gasteiger partial charge on any atom is -0.496 e. The van der Waals surface area contributed by atoms with Crippen LogP contribution in [0.15, 0.2) is 18.2 Å². The molecule has 0 heterocycles. The van der Waals surface area contributed by atoms with Gasteiger partial charge in [0.2, 0.25) is 0 Å². The Balaban J connectivity index is 3.14.